The minimum absolute atomic E-state index is 0.0167. The van der Waals surface area contributed by atoms with Crippen LogP contribution < -0.4 is 5.32 Å². The number of likely N-dealkylation sites (tertiary alicyclic amines) is 1. The van der Waals surface area contributed by atoms with Gasteiger partial charge in [0.05, 0.1) is 0 Å². The molecule has 0 radical (unpaired) electrons. The highest BCUT2D eigenvalue weighted by atomic mass is 16.3. The molecule has 4 heterocycles. The Labute approximate surface area is 140 Å². The van der Waals surface area contributed by atoms with Crippen molar-refractivity contribution in [1.82, 2.24) is 19.9 Å². The molecule has 2 aliphatic heterocycles. The molecule has 124 valence electrons. The first-order valence-corrected chi connectivity index (χ1v) is 8.26. The van der Waals surface area contributed by atoms with E-state index in [1.165, 1.54) is 25.9 Å². The summed E-state index contributed by atoms with van der Waals surface area (Å²) in [6.45, 7) is 4.14. The summed E-state index contributed by atoms with van der Waals surface area (Å²) in [5.41, 5.74) is 2.42. The largest absolute Gasteiger partial charge is 0.492 e. The second-order valence-corrected chi connectivity index (χ2v) is 6.03. The number of pyridine rings is 1. The number of rotatable bonds is 5. The van der Waals surface area contributed by atoms with Gasteiger partial charge in [-0.1, -0.05) is 0 Å². The number of hydrogen-bond acceptors (Lipinski definition) is 6. The summed E-state index contributed by atoms with van der Waals surface area (Å²) < 4.78 is 0. The van der Waals surface area contributed by atoms with Crippen molar-refractivity contribution in [3.8, 4) is 5.88 Å². The van der Waals surface area contributed by atoms with Gasteiger partial charge in [-0.15, -0.1) is 0 Å². The number of aromatic amines is 1. The third-order valence-corrected chi connectivity index (χ3v) is 4.35. The molecule has 1 saturated heterocycles. The van der Waals surface area contributed by atoms with Crippen molar-refractivity contribution in [3.63, 3.8) is 0 Å². The molecular weight excluding hydrogens is 304 g/mol. The molecule has 2 aliphatic rings. The van der Waals surface area contributed by atoms with Crippen LogP contribution in [0.15, 0.2) is 23.3 Å². The van der Waals surface area contributed by atoms with E-state index in [4.69, 9.17) is 0 Å². The van der Waals surface area contributed by atoms with E-state index in [0.29, 0.717) is 17.5 Å². The molecule has 24 heavy (non-hydrogen) atoms. The van der Waals surface area contributed by atoms with Gasteiger partial charge in [-0.3, -0.25) is 0 Å². The van der Waals surface area contributed by atoms with Gasteiger partial charge in [0.15, 0.2) is 5.82 Å². The summed E-state index contributed by atoms with van der Waals surface area (Å²) in [6, 6.07) is 3.84. The lowest BCUT2D eigenvalue weighted by atomic mass is 10.1. The number of imidazole rings is 1. The molecule has 0 amide bonds. The van der Waals surface area contributed by atoms with Crippen LogP contribution in [0.3, 0.4) is 0 Å². The Morgan fingerprint density at radius 1 is 1.33 bits per heavy atom. The van der Waals surface area contributed by atoms with Crippen LogP contribution in [0.4, 0.5) is 11.8 Å². The van der Waals surface area contributed by atoms with Gasteiger partial charge in [-0.2, -0.15) is 4.98 Å². The van der Waals surface area contributed by atoms with Crippen LogP contribution in [0.2, 0.25) is 0 Å². The van der Waals surface area contributed by atoms with Crippen molar-refractivity contribution < 1.29 is 5.11 Å². The van der Waals surface area contributed by atoms with Crippen molar-refractivity contribution >= 4 is 29.6 Å². The van der Waals surface area contributed by atoms with E-state index in [9.17, 15) is 5.11 Å². The Bertz CT molecular complexity index is 788. The number of allylic oxidation sites excluding steroid dienone is 1. The van der Waals surface area contributed by atoms with Crippen LogP contribution in [-0.4, -0.2) is 57.4 Å². The van der Waals surface area contributed by atoms with Gasteiger partial charge in [0.25, 0.3) is 0 Å². The quantitative estimate of drug-likeness (QED) is 0.785. The minimum atomic E-state index is -0.0167. The van der Waals surface area contributed by atoms with Crippen LogP contribution in [0, 0.1) is 0 Å². The summed E-state index contributed by atoms with van der Waals surface area (Å²) in [6.07, 6.45) is 7.88. The maximum atomic E-state index is 10.1. The third kappa shape index (κ3) is 3.03. The van der Waals surface area contributed by atoms with Crippen LogP contribution in [-0.2, 0) is 0 Å². The van der Waals surface area contributed by atoms with Crippen LogP contribution in [0.25, 0.3) is 11.6 Å². The van der Waals surface area contributed by atoms with Crippen LogP contribution >= 0.6 is 0 Å². The molecule has 4 rings (SSSR count). The number of aromatic hydroxyl groups is 1. The van der Waals surface area contributed by atoms with Gasteiger partial charge < -0.3 is 20.3 Å². The zero-order chi connectivity index (χ0) is 16.4. The second-order valence-electron chi connectivity index (χ2n) is 6.03. The third-order valence-electron chi connectivity index (χ3n) is 4.35. The predicted octanol–water partition coefficient (Wildman–Crippen LogP) is 2.27. The van der Waals surface area contributed by atoms with Gasteiger partial charge in [-0.05, 0) is 44.1 Å². The lowest BCUT2D eigenvalue weighted by Gasteiger charge is -2.14. The molecule has 0 unspecified atom stereocenters. The number of nitrogens with zero attached hydrogens (tertiary/aromatic N) is 4. The van der Waals surface area contributed by atoms with E-state index in [1.54, 1.807) is 12.4 Å². The van der Waals surface area contributed by atoms with Gasteiger partial charge >= 0.3 is 0 Å². The highest BCUT2D eigenvalue weighted by Gasteiger charge is 2.15. The Morgan fingerprint density at radius 3 is 3.08 bits per heavy atom. The number of hydrogen-bond donors (Lipinski definition) is 3. The fraction of sp³-hybridized carbons (Fsp3) is 0.353. The molecule has 0 aliphatic carbocycles. The molecule has 0 spiro atoms. The zero-order valence-electron chi connectivity index (χ0n) is 13.4. The van der Waals surface area contributed by atoms with E-state index in [1.807, 2.05) is 18.2 Å². The summed E-state index contributed by atoms with van der Waals surface area (Å²) in [7, 11) is 0. The van der Waals surface area contributed by atoms with E-state index < -0.39 is 0 Å². The molecule has 1 fully saturated rings. The molecular formula is C17H20N6O. The fourth-order valence-electron chi connectivity index (χ4n) is 3.10. The Kier molecular flexibility index (Phi) is 4.00. The average molecular weight is 324 g/mol. The van der Waals surface area contributed by atoms with Crippen molar-refractivity contribution in [2.24, 2.45) is 4.99 Å². The maximum Gasteiger partial charge on any atom is 0.238 e. The average Bonchev–Trinajstić information content (AvgIpc) is 3.30. The molecule has 0 bridgehead atoms. The predicted molar refractivity (Wildman–Crippen MR) is 94.7 cm³/mol. The van der Waals surface area contributed by atoms with E-state index >= 15 is 0 Å². The van der Waals surface area contributed by atoms with E-state index in [2.05, 4.69) is 30.2 Å². The second kappa shape index (κ2) is 6.45. The Hall–Kier alpha value is -2.67. The first-order valence-electron chi connectivity index (χ1n) is 8.26. The molecule has 0 aromatic carbocycles. The van der Waals surface area contributed by atoms with E-state index in [-0.39, 0.29) is 5.88 Å². The monoisotopic (exact) mass is 324 g/mol. The number of anilines is 1. The number of H-pyrrole nitrogens is 1. The number of fused-ring (bicyclic) bond motifs is 1. The molecule has 2 aromatic heterocycles. The molecule has 7 nitrogen and oxygen atoms in total. The molecule has 0 atom stereocenters. The van der Waals surface area contributed by atoms with E-state index in [0.717, 1.165) is 24.2 Å². The summed E-state index contributed by atoms with van der Waals surface area (Å²) in [5.74, 6) is 1.27. The maximum absolute atomic E-state index is 10.1. The molecule has 2 aromatic rings. The zero-order valence-corrected chi connectivity index (χ0v) is 13.4. The summed E-state index contributed by atoms with van der Waals surface area (Å²) in [4.78, 5) is 18.2. The lowest BCUT2D eigenvalue weighted by Crippen LogP contribution is -2.26. The molecule has 7 heteroatoms. The van der Waals surface area contributed by atoms with Crippen molar-refractivity contribution in [2.75, 3.05) is 31.5 Å². The number of aromatic nitrogens is 3. The first kappa shape index (κ1) is 14.9. The number of aliphatic imine (C=N–C) groups is 1. The van der Waals surface area contributed by atoms with Gasteiger partial charge in [0.1, 0.15) is 5.69 Å². The summed E-state index contributed by atoms with van der Waals surface area (Å²) >= 11 is 0. The van der Waals surface area contributed by atoms with Crippen LogP contribution in [0.1, 0.15) is 24.1 Å². The minimum Gasteiger partial charge on any atom is -0.492 e. The standard InChI is InChI=1S/C17H20N6O/c24-16-14(10-12-11-20-15-13(12)4-3-5-18-15)21-17(22-16)19-6-9-23-7-1-2-8-23/h3-5,10-11,24H,1-2,6-9H2,(H2,19,21,22)/b12-10+. The summed E-state index contributed by atoms with van der Waals surface area (Å²) in [5, 5.41) is 13.3. The van der Waals surface area contributed by atoms with Crippen LogP contribution in [0.5, 0.6) is 5.88 Å². The Balaban J connectivity index is 1.44. The SMILES string of the molecule is Oc1nc(NCCN2CCCC2)[nH]c1/C=C1\C=Nc2ncccc21. The smallest absolute Gasteiger partial charge is 0.238 e. The van der Waals surface area contributed by atoms with Gasteiger partial charge in [0.2, 0.25) is 11.8 Å². The topological polar surface area (TPSA) is 89.4 Å². The molecule has 0 saturated carbocycles. The highest BCUT2D eigenvalue weighted by molar-refractivity contribution is 6.20. The number of nitrogens with one attached hydrogen (secondary N) is 2. The Morgan fingerprint density at radius 2 is 2.21 bits per heavy atom. The molecule has 3 N–H and O–H groups in total. The van der Waals surface area contributed by atoms with Crippen molar-refractivity contribution in [1.29, 1.82) is 0 Å². The lowest BCUT2D eigenvalue weighted by molar-refractivity contribution is 0.352. The van der Waals surface area contributed by atoms with Gasteiger partial charge in [-0.25, -0.2) is 9.98 Å². The normalized spacial score (nSPS) is 18.4. The first-order chi connectivity index (χ1) is 11.8. The fourth-order valence-corrected chi connectivity index (χ4v) is 3.10. The highest BCUT2D eigenvalue weighted by Crippen LogP contribution is 2.31. The van der Waals surface area contributed by atoms with Crippen molar-refractivity contribution in [2.45, 2.75) is 12.8 Å². The van der Waals surface area contributed by atoms with Gasteiger partial charge in [0, 0.05) is 36.6 Å². The van der Waals surface area contributed by atoms with Crippen molar-refractivity contribution in [3.05, 3.63) is 29.6 Å².